The fourth-order valence-electron chi connectivity index (χ4n) is 1.89. The fraction of sp³-hybridized carbons (Fsp3) is 0.176. The zero-order valence-electron chi connectivity index (χ0n) is 12.2. The van der Waals surface area contributed by atoms with E-state index in [4.69, 9.17) is 11.6 Å². The van der Waals surface area contributed by atoms with Gasteiger partial charge >= 0.3 is 0 Å². The van der Waals surface area contributed by atoms with E-state index in [0.29, 0.717) is 16.3 Å². The van der Waals surface area contributed by atoms with Gasteiger partial charge in [0.15, 0.2) is 0 Å². The number of halogens is 1. The summed E-state index contributed by atoms with van der Waals surface area (Å²) in [5.41, 5.74) is 2.38. The molecule has 2 amide bonds. The van der Waals surface area contributed by atoms with E-state index >= 15 is 0 Å². The highest BCUT2D eigenvalue weighted by atomic mass is 35.5. The minimum Gasteiger partial charge on any atom is -0.343 e. The van der Waals surface area contributed by atoms with Crippen LogP contribution in [0.1, 0.15) is 22.8 Å². The molecule has 0 heterocycles. The average Bonchev–Trinajstić information content (AvgIpc) is 2.54. The molecular weight excluding hydrogens is 300 g/mol. The molecule has 22 heavy (non-hydrogen) atoms. The first kappa shape index (κ1) is 16.0. The molecule has 0 spiro atoms. The molecule has 2 aromatic rings. The van der Waals surface area contributed by atoms with Crippen LogP contribution in [0.2, 0.25) is 5.02 Å². The highest BCUT2D eigenvalue weighted by Crippen LogP contribution is 2.10. The second kappa shape index (κ2) is 7.61. The third-order valence-electron chi connectivity index (χ3n) is 3.16. The molecule has 0 bridgehead atoms. The van der Waals surface area contributed by atoms with Crippen molar-refractivity contribution in [3.8, 4) is 0 Å². The van der Waals surface area contributed by atoms with Gasteiger partial charge in [0.1, 0.15) is 0 Å². The number of nitrogens with one attached hydrogen (secondary N) is 2. The molecule has 4 nitrogen and oxygen atoms in total. The minimum absolute atomic E-state index is 0.0863. The molecule has 0 fully saturated rings. The number of carbonyl (C=O) groups is 2. The summed E-state index contributed by atoms with van der Waals surface area (Å²) in [5, 5.41) is 5.86. The van der Waals surface area contributed by atoms with Crippen LogP contribution in [0.25, 0.3) is 0 Å². The number of benzene rings is 2. The first-order valence-corrected chi connectivity index (χ1v) is 7.39. The van der Waals surface area contributed by atoms with Gasteiger partial charge in [-0.05, 0) is 48.4 Å². The summed E-state index contributed by atoms with van der Waals surface area (Å²) in [6, 6.07) is 14.1. The Bertz CT molecular complexity index is 651. The van der Waals surface area contributed by atoms with E-state index in [1.54, 1.807) is 24.3 Å². The van der Waals surface area contributed by atoms with Gasteiger partial charge in [0.05, 0.1) is 6.54 Å². The summed E-state index contributed by atoms with van der Waals surface area (Å²) in [7, 11) is 0. The molecule has 0 aliphatic rings. The standard InChI is InChI=1S/C17H17ClN2O2/c1-2-12-3-9-15(10-4-12)20-16(21)11-19-17(22)13-5-7-14(18)8-6-13/h3-10H,2,11H2,1H3,(H,19,22)(H,20,21). The zero-order valence-corrected chi connectivity index (χ0v) is 13.0. The van der Waals surface area contributed by atoms with Gasteiger partial charge in [-0.3, -0.25) is 9.59 Å². The number of carbonyl (C=O) groups excluding carboxylic acids is 2. The SMILES string of the molecule is CCc1ccc(NC(=O)CNC(=O)c2ccc(Cl)cc2)cc1. The van der Waals surface area contributed by atoms with Crippen molar-refractivity contribution in [2.24, 2.45) is 0 Å². The summed E-state index contributed by atoms with van der Waals surface area (Å²) in [6.07, 6.45) is 0.950. The van der Waals surface area contributed by atoms with Crippen molar-refractivity contribution in [3.05, 3.63) is 64.7 Å². The molecule has 5 heteroatoms. The predicted octanol–water partition coefficient (Wildman–Crippen LogP) is 3.27. The maximum Gasteiger partial charge on any atom is 0.251 e. The number of anilines is 1. The predicted molar refractivity (Wildman–Crippen MR) is 88.2 cm³/mol. The minimum atomic E-state index is -0.312. The number of hydrogen-bond acceptors (Lipinski definition) is 2. The van der Waals surface area contributed by atoms with Crippen LogP contribution in [-0.4, -0.2) is 18.4 Å². The smallest absolute Gasteiger partial charge is 0.251 e. The molecule has 0 unspecified atom stereocenters. The van der Waals surface area contributed by atoms with Crippen molar-refractivity contribution < 1.29 is 9.59 Å². The molecule has 0 aromatic heterocycles. The maximum absolute atomic E-state index is 11.9. The third kappa shape index (κ3) is 4.60. The second-order valence-corrected chi connectivity index (χ2v) is 5.22. The van der Waals surface area contributed by atoms with Crippen LogP contribution in [0, 0.1) is 0 Å². The lowest BCUT2D eigenvalue weighted by Crippen LogP contribution is -2.32. The zero-order chi connectivity index (χ0) is 15.9. The Morgan fingerprint density at radius 2 is 1.64 bits per heavy atom. The molecule has 0 saturated carbocycles. The summed E-state index contributed by atoms with van der Waals surface area (Å²) in [6.45, 7) is 1.98. The third-order valence-corrected chi connectivity index (χ3v) is 3.41. The molecule has 0 aliphatic heterocycles. The molecule has 0 atom stereocenters. The van der Waals surface area contributed by atoms with Crippen molar-refractivity contribution in [2.45, 2.75) is 13.3 Å². The first-order chi connectivity index (χ1) is 10.6. The fourth-order valence-corrected chi connectivity index (χ4v) is 2.02. The Labute approximate surface area is 134 Å². The number of amides is 2. The van der Waals surface area contributed by atoms with Crippen molar-refractivity contribution >= 4 is 29.1 Å². The monoisotopic (exact) mass is 316 g/mol. The summed E-state index contributed by atoms with van der Waals surface area (Å²) >= 11 is 5.76. The van der Waals surface area contributed by atoms with Gasteiger partial charge in [-0.25, -0.2) is 0 Å². The molecule has 2 aromatic carbocycles. The van der Waals surface area contributed by atoms with Crippen molar-refractivity contribution in [1.29, 1.82) is 0 Å². The Hall–Kier alpha value is -2.33. The number of aryl methyl sites for hydroxylation is 1. The van der Waals surface area contributed by atoms with Crippen molar-refractivity contribution in [3.63, 3.8) is 0 Å². The van der Waals surface area contributed by atoms with Crippen LogP contribution in [0.4, 0.5) is 5.69 Å². The van der Waals surface area contributed by atoms with Gasteiger partial charge in [-0.15, -0.1) is 0 Å². The molecule has 114 valence electrons. The van der Waals surface area contributed by atoms with Crippen molar-refractivity contribution in [1.82, 2.24) is 5.32 Å². The van der Waals surface area contributed by atoms with Crippen LogP contribution in [0.15, 0.2) is 48.5 Å². The van der Waals surface area contributed by atoms with Crippen LogP contribution < -0.4 is 10.6 Å². The maximum atomic E-state index is 11.9. The average molecular weight is 317 g/mol. The van der Waals surface area contributed by atoms with E-state index in [1.165, 1.54) is 5.56 Å². The highest BCUT2D eigenvalue weighted by molar-refractivity contribution is 6.30. The summed E-state index contributed by atoms with van der Waals surface area (Å²) < 4.78 is 0. The van der Waals surface area contributed by atoms with E-state index in [0.717, 1.165) is 6.42 Å². The van der Waals surface area contributed by atoms with Gasteiger partial charge in [0.2, 0.25) is 5.91 Å². The lowest BCUT2D eigenvalue weighted by atomic mass is 10.1. The Kier molecular flexibility index (Phi) is 5.55. The van der Waals surface area contributed by atoms with E-state index < -0.39 is 0 Å². The van der Waals surface area contributed by atoms with Crippen LogP contribution in [0.3, 0.4) is 0 Å². The van der Waals surface area contributed by atoms with Gasteiger partial charge in [0, 0.05) is 16.3 Å². The highest BCUT2D eigenvalue weighted by Gasteiger charge is 2.08. The largest absolute Gasteiger partial charge is 0.343 e. The van der Waals surface area contributed by atoms with Crippen LogP contribution >= 0.6 is 11.6 Å². The van der Waals surface area contributed by atoms with E-state index in [1.807, 2.05) is 24.3 Å². The molecule has 2 N–H and O–H groups in total. The van der Waals surface area contributed by atoms with E-state index in [-0.39, 0.29) is 18.4 Å². The topological polar surface area (TPSA) is 58.2 Å². The first-order valence-electron chi connectivity index (χ1n) is 7.01. The number of rotatable bonds is 5. The van der Waals surface area contributed by atoms with Crippen molar-refractivity contribution in [2.75, 3.05) is 11.9 Å². The summed E-state index contributed by atoms with van der Waals surface area (Å²) in [5.74, 6) is -0.584. The Morgan fingerprint density at radius 1 is 1.00 bits per heavy atom. The van der Waals surface area contributed by atoms with Crippen LogP contribution in [0.5, 0.6) is 0 Å². The van der Waals surface area contributed by atoms with Gasteiger partial charge in [-0.2, -0.15) is 0 Å². The molecular formula is C17H17ClN2O2. The molecule has 0 saturated heterocycles. The van der Waals surface area contributed by atoms with Gasteiger partial charge in [-0.1, -0.05) is 30.7 Å². The van der Waals surface area contributed by atoms with Gasteiger partial charge in [0.25, 0.3) is 5.91 Å². The quantitative estimate of drug-likeness (QED) is 0.889. The summed E-state index contributed by atoms with van der Waals surface area (Å²) in [4.78, 5) is 23.7. The molecule has 0 radical (unpaired) electrons. The molecule has 0 aliphatic carbocycles. The second-order valence-electron chi connectivity index (χ2n) is 4.79. The Morgan fingerprint density at radius 3 is 2.23 bits per heavy atom. The lowest BCUT2D eigenvalue weighted by molar-refractivity contribution is -0.115. The van der Waals surface area contributed by atoms with Gasteiger partial charge < -0.3 is 10.6 Å². The molecule has 2 rings (SSSR count). The van der Waals surface area contributed by atoms with E-state index in [9.17, 15) is 9.59 Å². The van der Waals surface area contributed by atoms with Crippen LogP contribution in [-0.2, 0) is 11.2 Å². The van der Waals surface area contributed by atoms with E-state index in [2.05, 4.69) is 17.6 Å². The lowest BCUT2D eigenvalue weighted by Gasteiger charge is -2.07. The Balaban J connectivity index is 1.84. The number of hydrogen-bond donors (Lipinski definition) is 2. The normalized spacial score (nSPS) is 10.1.